The molecule has 2 aromatic rings. The molecule has 4 rings (SSSR count). The van der Waals surface area contributed by atoms with E-state index in [1.165, 1.54) is 22.3 Å². The third-order valence-corrected chi connectivity index (χ3v) is 8.70. The highest BCUT2D eigenvalue weighted by Gasteiger charge is 2.54. The molecule has 1 saturated heterocycles. The van der Waals surface area contributed by atoms with E-state index in [0.717, 1.165) is 33.8 Å². The van der Waals surface area contributed by atoms with E-state index < -0.39 is 0 Å². The normalized spacial score (nSPS) is 28.5. The fourth-order valence-corrected chi connectivity index (χ4v) is 6.50. The lowest BCUT2D eigenvalue weighted by Gasteiger charge is -2.45. The quantitative estimate of drug-likeness (QED) is 0.350. The molecule has 2 fully saturated rings. The van der Waals surface area contributed by atoms with Crippen LogP contribution in [0.5, 0.6) is 0 Å². The topological polar surface area (TPSA) is 52.9 Å². The number of alkyl halides is 2. The number of hydrogen-bond donors (Lipinski definition) is 1. The summed E-state index contributed by atoms with van der Waals surface area (Å²) in [7, 11) is 0. The third-order valence-electron chi connectivity index (χ3n) is 7.00. The summed E-state index contributed by atoms with van der Waals surface area (Å²) in [6.45, 7) is 2.90. The molecule has 2 aromatic carbocycles. The second-order valence-corrected chi connectivity index (χ2v) is 9.96. The lowest BCUT2D eigenvalue weighted by molar-refractivity contribution is -0.129. The Morgan fingerprint density at radius 1 is 1.17 bits per heavy atom. The molecular formula is C24H24I2N2O. The van der Waals surface area contributed by atoms with Crippen molar-refractivity contribution >= 4 is 51.1 Å². The number of benzene rings is 2. The predicted octanol–water partition coefficient (Wildman–Crippen LogP) is 5.84. The van der Waals surface area contributed by atoms with E-state index >= 15 is 0 Å². The fraction of sp³-hybridized carbons (Fsp3) is 0.417. The van der Waals surface area contributed by atoms with Crippen LogP contribution in [-0.4, -0.2) is 12.5 Å². The highest BCUT2D eigenvalue weighted by molar-refractivity contribution is 14.1. The number of carbonyl (C=O) groups excluding carboxylic acids is 1. The smallest absolute Gasteiger partial charge is 0.226 e. The van der Waals surface area contributed by atoms with Crippen molar-refractivity contribution in [3.63, 3.8) is 0 Å². The van der Waals surface area contributed by atoms with E-state index in [2.05, 4.69) is 93.8 Å². The minimum absolute atomic E-state index is 0.212. The van der Waals surface area contributed by atoms with E-state index in [0.29, 0.717) is 11.8 Å². The van der Waals surface area contributed by atoms with Crippen LogP contribution in [0.3, 0.4) is 0 Å². The Morgan fingerprint density at radius 2 is 1.93 bits per heavy atom. The Kier molecular flexibility index (Phi) is 6.22. The van der Waals surface area contributed by atoms with Crippen LogP contribution in [0.15, 0.2) is 42.5 Å². The highest BCUT2D eigenvalue weighted by Crippen LogP contribution is 2.57. The third kappa shape index (κ3) is 3.71. The van der Waals surface area contributed by atoms with Crippen molar-refractivity contribution in [2.24, 2.45) is 11.3 Å². The molecule has 1 N–H and O–H groups in total. The zero-order valence-corrected chi connectivity index (χ0v) is 20.7. The molecule has 150 valence electrons. The number of amides is 1. The molecule has 29 heavy (non-hydrogen) atoms. The van der Waals surface area contributed by atoms with Gasteiger partial charge in [-0.2, -0.15) is 5.26 Å². The van der Waals surface area contributed by atoms with Gasteiger partial charge in [0.25, 0.3) is 0 Å². The van der Waals surface area contributed by atoms with Gasteiger partial charge in [-0.25, -0.2) is 0 Å². The van der Waals surface area contributed by atoms with E-state index in [1.807, 2.05) is 12.1 Å². The van der Waals surface area contributed by atoms with E-state index in [4.69, 9.17) is 0 Å². The van der Waals surface area contributed by atoms with Crippen LogP contribution >= 0.6 is 45.2 Å². The molecule has 4 atom stereocenters. The number of rotatable bonds is 4. The summed E-state index contributed by atoms with van der Waals surface area (Å²) >= 11 is 4.80. The van der Waals surface area contributed by atoms with E-state index in [-0.39, 0.29) is 17.2 Å². The first-order valence-corrected chi connectivity index (χ1v) is 13.1. The molecule has 0 unspecified atom stereocenters. The Hall–Kier alpha value is -1.14. The van der Waals surface area contributed by atoms with Crippen molar-refractivity contribution in [3.05, 3.63) is 70.3 Å². The van der Waals surface area contributed by atoms with Gasteiger partial charge in [-0.3, -0.25) is 4.79 Å². The van der Waals surface area contributed by atoms with Gasteiger partial charge in [0.15, 0.2) is 0 Å². The van der Waals surface area contributed by atoms with Gasteiger partial charge in [0, 0.05) is 15.4 Å². The van der Waals surface area contributed by atoms with Crippen LogP contribution < -0.4 is 5.32 Å². The minimum atomic E-state index is -0.291. The number of carbonyl (C=O) groups is 1. The number of nitrogens with zero attached hydrogens (tertiary/aromatic N) is 1. The summed E-state index contributed by atoms with van der Waals surface area (Å²) in [5.74, 6) is 1.16. The van der Waals surface area contributed by atoms with Crippen LogP contribution in [0.2, 0.25) is 0 Å². The van der Waals surface area contributed by atoms with Crippen molar-refractivity contribution < 1.29 is 4.79 Å². The minimum Gasteiger partial charge on any atom is -0.355 e. The van der Waals surface area contributed by atoms with E-state index in [1.54, 1.807) is 0 Å². The number of nitrogens with one attached hydrogen (secondary N) is 1. The molecule has 3 nitrogen and oxygen atoms in total. The van der Waals surface area contributed by atoms with Gasteiger partial charge in [0.1, 0.15) is 0 Å². The fourth-order valence-electron chi connectivity index (χ4n) is 5.33. The molecule has 0 bridgehead atoms. The van der Waals surface area contributed by atoms with Crippen molar-refractivity contribution in [3.8, 4) is 6.07 Å². The number of fused-ring (bicyclic) bond motifs is 1. The van der Waals surface area contributed by atoms with Crippen molar-refractivity contribution in [2.45, 2.75) is 40.5 Å². The Bertz CT molecular complexity index is 966. The number of halogens is 2. The number of hydrogen-bond acceptors (Lipinski definition) is 2. The molecule has 1 aliphatic heterocycles. The summed E-state index contributed by atoms with van der Waals surface area (Å²) in [4.78, 5) is 12.7. The van der Waals surface area contributed by atoms with Crippen LogP contribution in [0.1, 0.15) is 59.4 Å². The molecule has 0 spiro atoms. The molecule has 5 heteroatoms. The Labute approximate surface area is 199 Å². The maximum Gasteiger partial charge on any atom is 0.226 e. The first-order chi connectivity index (χ1) is 14.0. The van der Waals surface area contributed by atoms with Gasteiger partial charge in [-0.05, 0) is 65.0 Å². The largest absolute Gasteiger partial charge is 0.355 e. The Balaban J connectivity index is 1.82. The SMILES string of the molecule is C[C@]12CC[C@H](c3ccc(C#N)cc3CI)[C@@H](c3ccc(CI)cc3)[C@H]1CNC2=O. The van der Waals surface area contributed by atoms with Crippen LogP contribution in [0.25, 0.3) is 0 Å². The van der Waals surface area contributed by atoms with Gasteiger partial charge in [0.2, 0.25) is 5.91 Å². The van der Waals surface area contributed by atoms with Crippen molar-refractivity contribution in [1.29, 1.82) is 5.26 Å². The second-order valence-electron chi connectivity index (χ2n) is 8.44. The van der Waals surface area contributed by atoms with E-state index in [9.17, 15) is 10.1 Å². The van der Waals surface area contributed by atoms with Gasteiger partial charge in [-0.15, -0.1) is 0 Å². The summed E-state index contributed by atoms with van der Waals surface area (Å²) in [6, 6.07) is 17.4. The van der Waals surface area contributed by atoms with Crippen molar-refractivity contribution in [1.82, 2.24) is 5.32 Å². The second kappa shape index (κ2) is 8.54. The average Bonchev–Trinajstić information content (AvgIpc) is 3.07. The van der Waals surface area contributed by atoms with Gasteiger partial charge in [0.05, 0.1) is 17.0 Å². The van der Waals surface area contributed by atoms with Crippen molar-refractivity contribution in [2.75, 3.05) is 6.54 Å². The molecule has 1 saturated carbocycles. The zero-order chi connectivity index (χ0) is 20.6. The molecule has 0 aromatic heterocycles. The molecule has 0 radical (unpaired) electrons. The lowest BCUT2D eigenvalue weighted by Crippen LogP contribution is -2.41. The maximum atomic E-state index is 12.7. The first-order valence-electron chi connectivity index (χ1n) is 10.0. The lowest BCUT2D eigenvalue weighted by atomic mass is 9.57. The average molecular weight is 610 g/mol. The summed E-state index contributed by atoms with van der Waals surface area (Å²) in [6.07, 6.45) is 1.91. The molecule has 1 amide bonds. The summed E-state index contributed by atoms with van der Waals surface area (Å²) < 4.78 is 1.89. The maximum absolute atomic E-state index is 12.7. The highest BCUT2D eigenvalue weighted by atomic mass is 127. The van der Waals surface area contributed by atoms with Crippen LogP contribution in [0, 0.1) is 22.7 Å². The molecule has 2 aliphatic rings. The molecule has 1 heterocycles. The standard InChI is InChI=1S/C24H24I2N2O/c1-24-9-8-20(19-7-4-16(13-27)10-18(19)12-26)22(21(24)14-28-23(24)29)17-5-2-15(11-25)3-6-17/h2-7,10,20-22H,8-9,11-12,14H2,1H3,(H,28,29)/t20-,21-,22-,24+/m1/s1. The van der Waals surface area contributed by atoms with Gasteiger partial charge < -0.3 is 5.32 Å². The summed E-state index contributed by atoms with van der Waals surface area (Å²) in [5, 5.41) is 12.5. The molecule has 1 aliphatic carbocycles. The number of nitriles is 1. The zero-order valence-electron chi connectivity index (χ0n) is 16.4. The van der Waals surface area contributed by atoms with Gasteiger partial charge >= 0.3 is 0 Å². The van der Waals surface area contributed by atoms with Gasteiger partial charge in [-0.1, -0.05) is 82.4 Å². The first kappa shape index (κ1) is 21.1. The Morgan fingerprint density at radius 3 is 2.59 bits per heavy atom. The van der Waals surface area contributed by atoms with Crippen LogP contribution in [-0.2, 0) is 13.6 Å². The summed E-state index contributed by atoms with van der Waals surface area (Å²) in [5.41, 5.74) is 5.70. The van der Waals surface area contributed by atoms with Crippen LogP contribution in [0.4, 0.5) is 0 Å². The molecular weight excluding hydrogens is 586 g/mol. The predicted molar refractivity (Wildman–Crippen MR) is 132 cm³/mol. The monoisotopic (exact) mass is 610 g/mol.